The van der Waals surface area contributed by atoms with Gasteiger partial charge in [-0.3, -0.25) is 9.18 Å². The lowest BCUT2D eigenvalue weighted by atomic mass is 10.2. The van der Waals surface area contributed by atoms with Crippen molar-refractivity contribution in [3.63, 3.8) is 0 Å². The van der Waals surface area contributed by atoms with Crippen molar-refractivity contribution in [1.82, 2.24) is 5.06 Å². The van der Waals surface area contributed by atoms with Crippen molar-refractivity contribution in [1.29, 1.82) is 0 Å². The van der Waals surface area contributed by atoms with Crippen LogP contribution in [0.1, 0.15) is 17.5 Å². The molecule has 3 nitrogen and oxygen atoms in total. The molecule has 0 aliphatic carbocycles. The highest BCUT2D eigenvalue weighted by Gasteiger charge is 2.13. The van der Waals surface area contributed by atoms with Crippen molar-refractivity contribution in [2.75, 3.05) is 6.67 Å². The van der Waals surface area contributed by atoms with Crippen molar-refractivity contribution in [2.45, 2.75) is 19.5 Å². The zero-order chi connectivity index (χ0) is 14.9. The molecule has 0 bridgehead atoms. The van der Waals surface area contributed by atoms with Gasteiger partial charge >= 0.3 is 5.97 Å². The average molecular weight is 287 g/mol. The van der Waals surface area contributed by atoms with E-state index in [9.17, 15) is 9.18 Å². The van der Waals surface area contributed by atoms with Crippen LogP contribution in [0.4, 0.5) is 4.39 Å². The summed E-state index contributed by atoms with van der Waals surface area (Å²) in [6.07, 6.45) is -0.222. The van der Waals surface area contributed by atoms with E-state index < -0.39 is 12.6 Å². The molecule has 110 valence electrons. The van der Waals surface area contributed by atoms with E-state index in [1.807, 2.05) is 60.7 Å². The topological polar surface area (TPSA) is 29.5 Å². The third-order valence-corrected chi connectivity index (χ3v) is 2.93. The molecule has 0 saturated heterocycles. The van der Waals surface area contributed by atoms with Gasteiger partial charge in [0.15, 0.2) is 0 Å². The fourth-order valence-corrected chi connectivity index (χ4v) is 1.96. The number of hydrogen-bond acceptors (Lipinski definition) is 3. The van der Waals surface area contributed by atoms with E-state index in [4.69, 9.17) is 4.84 Å². The van der Waals surface area contributed by atoms with Crippen LogP contribution in [0, 0.1) is 0 Å². The molecule has 2 aromatic carbocycles. The first-order valence-electron chi connectivity index (χ1n) is 6.87. The van der Waals surface area contributed by atoms with Crippen LogP contribution < -0.4 is 0 Å². The Kier molecular flexibility index (Phi) is 5.91. The zero-order valence-corrected chi connectivity index (χ0v) is 11.7. The molecule has 0 fully saturated rings. The first kappa shape index (κ1) is 15.2. The summed E-state index contributed by atoms with van der Waals surface area (Å²) in [6.45, 7) is 0.227. The molecule has 0 spiro atoms. The number of carbonyl (C=O) groups excluding carboxylic acids is 1. The highest BCUT2D eigenvalue weighted by molar-refractivity contribution is 5.69. The molecule has 0 amide bonds. The van der Waals surface area contributed by atoms with Crippen LogP contribution >= 0.6 is 0 Å². The van der Waals surface area contributed by atoms with E-state index >= 15 is 0 Å². The number of rotatable bonds is 7. The number of alkyl halides is 1. The quantitative estimate of drug-likeness (QED) is 0.730. The number of benzene rings is 2. The van der Waals surface area contributed by atoms with Crippen LogP contribution in [-0.2, 0) is 22.7 Å². The van der Waals surface area contributed by atoms with Gasteiger partial charge in [0, 0.05) is 0 Å². The van der Waals surface area contributed by atoms with Gasteiger partial charge in [0.1, 0.15) is 0 Å². The van der Waals surface area contributed by atoms with E-state index in [1.165, 1.54) is 0 Å². The Bertz CT molecular complexity index is 504. The summed E-state index contributed by atoms with van der Waals surface area (Å²) in [5, 5.41) is 1.56. The second-order valence-corrected chi connectivity index (χ2v) is 4.67. The lowest BCUT2D eigenvalue weighted by Crippen LogP contribution is -2.27. The molecule has 0 aromatic heterocycles. The van der Waals surface area contributed by atoms with Gasteiger partial charge in [-0.2, -0.15) is 0 Å². The van der Waals surface area contributed by atoms with E-state index in [0.29, 0.717) is 13.1 Å². The zero-order valence-electron chi connectivity index (χ0n) is 11.7. The number of halogens is 1. The molecule has 0 heterocycles. The molecule has 0 aliphatic rings. The van der Waals surface area contributed by atoms with E-state index in [1.54, 1.807) is 5.06 Å². The number of hydroxylamine groups is 2. The lowest BCUT2D eigenvalue weighted by Gasteiger charge is -2.21. The highest BCUT2D eigenvalue weighted by Crippen LogP contribution is 2.11. The maximum absolute atomic E-state index is 12.2. The second-order valence-electron chi connectivity index (χ2n) is 4.67. The van der Waals surface area contributed by atoms with Crippen LogP contribution in [0.5, 0.6) is 0 Å². The van der Waals surface area contributed by atoms with Crippen LogP contribution in [0.2, 0.25) is 0 Å². The number of nitrogens with zero attached hydrogens (tertiary/aromatic N) is 1. The average Bonchev–Trinajstić information content (AvgIpc) is 2.49. The summed E-state index contributed by atoms with van der Waals surface area (Å²) in [4.78, 5) is 16.8. The minimum absolute atomic E-state index is 0.222. The molecule has 2 rings (SSSR count). The standard InChI is InChI=1S/C17H18FNO2/c18-12-11-17(20)21-19(13-15-7-3-1-4-8-15)14-16-9-5-2-6-10-16/h1-10H,11-14H2. The molecule has 0 radical (unpaired) electrons. The van der Waals surface area contributed by atoms with E-state index in [-0.39, 0.29) is 6.42 Å². The van der Waals surface area contributed by atoms with Crippen molar-refractivity contribution in [3.8, 4) is 0 Å². The Morgan fingerprint density at radius 1 is 0.905 bits per heavy atom. The monoisotopic (exact) mass is 287 g/mol. The fourth-order valence-electron chi connectivity index (χ4n) is 1.96. The Balaban J connectivity index is 2.04. The van der Waals surface area contributed by atoms with Crippen LogP contribution in [-0.4, -0.2) is 17.7 Å². The predicted molar refractivity (Wildman–Crippen MR) is 78.8 cm³/mol. The molecular formula is C17H18FNO2. The summed E-state index contributed by atoms with van der Waals surface area (Å²) < 4.78 is 12.2. The lowest BCUT2D eigenvalue weighted by molar-refractivity contribution is -0.197. The Morgan fingerprint density at radius 3 is 1.81 bits per heavy atom. The summed E-state index contributed by atoms with van der Waals surface area (Å²) in [7, 11) is 0. The highest BCUT2D eigenvalue weighted by atomic mass is 19.1. The Morgan fingerprint density at radius 2 is 1.38 bits per heavy atom. The molecule has 0 N–H and O–H groups in total. The van der Waals surface area contributed by atoms with Gasteiger partial charge in [-0.1, -0.05) is 60.7 Å². The fraction of sp³-hybridized carbons (Fsp3) is 0.235. The summed E-state index contributed by atoms with van der Waals surface area (Å²) in [5.41, 5.74) is 2.06. The largest absolute Gasteiger partial charge is 0.367 e. The van der Waals surface area contributed by atoms with Gasteiger partial charge in [-0.25, -0.2) is 0 Å². The van der Waals surface area contributed by atoms with Gasteiger partial charge in [0.2, 0.25) is 0 Å². The van der Waals surface area contributed by atoms with Gasteiger partial charge in [0.25, 0.3) is 0 Å². The summed E-state index contributed by atoms with van der Waals surface area (Å²) in [6, 6.07) is 19.4. The maximum Gasteiger partial charge on any atom is 0.327 e. The molecule has 0 saturated carbocycles. The molecule has 0 aliphatic heterocycles. The van der Waals surface area contributed by atoms with Gasteiger partial charge in [-0.15, -0.1) is 5.06 Å². The minimum atomic E-state index is -0.705. The maximum atomic E-state index is 12.2. The Labute approximate surface area is 123 Å². The first-order chi connectivity index (χ1) is 10.3. The Hall–Kier alpha value is -2.20. The normalized spacial score (nSPS) is 10.6. The van der Waals surface area contributed by atoms with Gasteiger partial charge in [-0.05, 0) is 11.1 Å². The summed E-state index contributed by atoms with van der Waals surface area (Å²) in [5.74, 6) is -0.552. The molecule has 2 aromatic rings. The van der Waals surface area contributed by atoms with Crippen molar-refractivity contribution < 1.29 is 14.0 Å². The van der Waals surface area contributed by atoms with Gasteiger partial charge < -0.3 is 4.84 Å². The van der Waals surface area contributed by atoms with E-state index in [2.05, 4.69) is 0 Å². The number of carbonyl (C=O) groups is 1. The molecular weight excluding hydrogens is 269 g/mol. The molecule has 21 heavy (non-hydrogen) atoms. The minimum Gasteiger partial charge on any atom is -0.367 e. The third-order valence-electron chi connectivity index (χ3n) is 2.93. The third kappa shape index (κ3) is 5.36. The molecule has 0 unspecified atom stereocenters. The van der Waals surface area contributed by atoms with Crippen LogP contribution in [0.3, 0.4) is 0 Å². The van der Waals surface area contributed by atoms with Crippen LogP contribution in [0.15, 0.2) is 60.7 Å². The summed E-state index contributed by atoms with van der Waals surface area (Å²) >= 11 is 0. The van der Waals surface area contributed by atoms with Gasteiger partial charge in [0.05, 0.1) is 26.2 Å². The van der Waals surface area contributed by atoms with Crippen molar-refractivity contribution >= 4 is 5.97 Å². The van der Waals surface area contributed by atoms with Crippen LogP contribution in [0.25, 0.3) is 0 Å². The van der Waals surface area contributed by atoms with Crippen molar-refractivity contribution in [3.05, 3.63) is 71.8 Å². The smallest absolute Gasteiger partial charge is 0.327 e. The van der Waals surface area contributed by atoms with Crippen molar-refractivity contribution in [2.24, 2.45) is 0 Å². The molecule has 4 heteroatoms. The van der Waals surface area contributed by atoms with E-state index in [0.717, 1.165) is 11.1 Å². The second kappa shape index (κ2) is 8.17. The predicted octanol–water partition coefficient (Wildman–Crippen LogP) is 3.51. The number of hydrogen-bond donors (Lipinski definition) is 0. The molecule has 0 atom stereocenters. The first-order valence-corrected chi connectivity index (χ1v) is 6.87. The SMILES string of the molecule is O=C(CCF)ON(Cc1ccccc1)Cc1ccccc1.